The van der Waals surface area contributed by atoms with Crippen LogP contribution in [-0.4, -0.2) is 23.2 Å². The van der Waals surface area contributed by atoms with Crippen molar-refractivity contribution in [1.29, 1.82) is 0 Å². The van der Waals surface area contributed by atoms with Gasteiger partial charge in [-0.25, -0.2) is 4.79 Å². The average molecular weight is 468 g/mol. The van der Waals surface area contributed by atoms with Crippen molar-refractivity contribution in [3.05, 3.63) is 100 Å². The highest BCUT2D eigenvalue weighted by Gasteiger charge is 2.20. The van der Waals surface area contributed by atoms with Crippen LogP contribution in [0.5, 0.6) is 5.75 Å². The minimum atomic E-state index is -0.678. The Labute approximate surface area is 199 Å². The molecule has 8 nitrogen and oxygen atoms in total. The molecule has 3 aromatic carbocycles. The average Bonchev–Trinajstić information content (AvgIpc) is 3.39. The van der Waals surface area contributed by atoms with Crippen molar-refractivity contribution in [2.75, 3.05) is 7.11 Å². The van der Waals surface area contributed by atoms with E-state index in [1.54, 1.807) is 44.4 Å². The monoisotopic (exact) mass is 468 g/mol. The number of aromatic nitrogens is 2. The van der Waals surface area contributed by atoms with Gasteiger partial charge in [-0.3, -0.25) is 4.79 Å². The van der Waals surface area contributed by atoms with Crippen molar-refractivity contribution >= 4 is 16.9 Å². The summed E-state index contributed by atoms with van der Waals surface area (Å²) in [6, 6.07) is 21.2. The quantitative estimate of drug-likeness (QED) is 0.314. The molecule has 2 aromatic heterocycles. The number of carbonyl (C=O) groups is 1. The van der Waals surface area contributed by atoms with E-state index >= 15 is 0 Å². The first-order valence-corrected chi connectivity index (χ1v) is 10.8. The fourth-order valence-corrected chi connectivity index (χ4v) is 3.73. The number of rotatable bonds is 6. The van der Waals surface area contributed by atoms with Crippen LogP contribution in [0.1, 0.15) is 21.8 Å². The van der Waals surface area contributed by atoms with Gasteiger partial charge in [0.15, 0.2) is 17.6 Å². The molecule has 0 spiro atoms. The Morgan fingerprint density at radius 2 is 1.74 bits per heavy atom. The molecule has 0 N–H and O–H groups in total. The number of carbonyl (C=O) groups excluding carboxylic acids is 1. The first-order chi connectivity index (χ1) is 17.0. The second kappa shape index (κ2) is 9.26. The van der Waals surface area contributed by atoms with E-state index in [9.17, 15) is 9.59 Å². The van der Waals surface area contributed by atoms with Crippen molar-refractivity contribution < 1.29 is 23.2 Å². The summed E-state index contributed by atoms with van der Waals surface area (Å²) in [5.41, 5.74) is 1.98. The van der Waals surface area contributed by atoms with Gasteiger partial charge >= 0.3 is 5.97 Å². The van der Waals surface area contributed by atoms with Crippen LogP contribution in [0.4, 0.5) is 0 Å². The van der Waals surface area contributed by atoms with Crippen molar-refractivity contribution in [2.24, 2.45) is 0 Å². The van der Waals surface area contributed by atoms with Crippen LogP contribution in [0, 0.1) is 6.92 Å². The molecule has 0 radical (unpaired) electrons. The number of nitrogens with zero attached hydrogens (tertiary/aromatic N) is 2. The number of para-hydroxylation sites is 1. The molecule has 35 heavy (non-hydrogen) atoms. The van der Waals surface area contributed by atoms with E-state index in [1.165, 1.54) is 0 Å². The Balaban J connectivity index is 1.42. The summed E-state index contributed by atoms with van der Waals surface area (Å²) in [4.78, 5) is 30.2. The molecule has 0 fully saturated rings. The van der Waals surface area contributed by atoms with Crippen LogP contribution >= 0.6 is 0 Å². The molecule has 0 bridgehead atoms. The maximum absolute atomic E-state index is 13.0. The fourth-order valence-electron chi connectivity index (χ4n) is 3.73. The van der Waals surface area contributed by atoms with E-state index in [4.69, 9.17) is 18.4 Å². The highest BCUT2D eigenvalue weighted by Crippen LogP contribution is 2.28. The third-order valence-electron chi connectivity index (χ3n) is 5.52. The predicted molar refractivity (Wildman–Crippen MR) is 128 cm³/mol. The highest BCUT2D eigenvalue weighted by molar-refractivity contribution is 6.02. The van der Waals surface area contributed by atoms with Crippen LogP contribution < -0.4 is 10.2 Å². The molecule has 0 saturated heterocycles. The second-order valence-corrected chi connectivity index (χ2v) is 7.75. The normalized spacial score (nSPS) is 10.9. The van der Waals surface area contributed by atoms with Crippen LogP contribution in [0.15, 0.2) is 86.5 Å². The van der Waals surface area contributed by atoms with Crippen molar-refractivity contribution in [1.82, 2.24) is 10.1 Å². The van der Waals surface area contributed by atoms with Crippen molar-refractivity contribution in [3.63, 3.8) is 0 Å². The first kappa shape index (κ1) is 22.1. The zero-order valence-electron chi connectivity index (χ0n) is 19.0. The van der Waals surface area contributed by atoms with E-state index in [2.05, 4.69) is 10.1 Å². The Morgan fingerprint density at radius 1 is 0.971 bits per heavy atom. The van der Waals surface area contributed by atoms with Crippen LogP contribution in [0.25, 0.3) is 33.7 Å². The summed E-state index contributed by atoms with van der Waals surface area (Å²) >= 11 is 0. The second-order valence-electron chi connectivity index (χ2n) is 7.75. The number of fused-ring (bicyclic) bond motifs is 1. The summed E-state index contributed by atoms with van der Waals surface area (Å²) < 4.78 is 21.9. The zero-order chi connectivity index (χ0) is 24.4. The van der Waals surface area contributed by atoms with Crippen molar-refractivity contribution in [2.45, 2.75) is 13.5 Å². The van der Waals surface area contributed by atoms with Gasteiger partial charge in [0, 0.05) is 16.7 Å². The topological polar surface area (TPSA) is 105 Å². The minimum absolute atomic E-state index is 0.124. The molecule has 2 heterocycles. The van der Waals surface area contributed by atoms with Crippen molar-refractivity contribution in [3.8, 4) is 28.5 Å². The predicted octanol–water partition coefficient (Wildman–Crippen LogP) is 5.18. The lowest BCUT2D eigenvalue weighted by Gasteiger charge is -2.10. The molecule has 5 aromatic rings. The number of esters is 1. The van der Waals surface area contributed by atoms with Gasteiger partial charge in [-0.2, -0.15) is 4.98 Å². The Kier molecular flexibility index (Phi) is 5.85. The zero-order valence-corrected chi connectivity index (χ0v) is 19.0. The molecule has 0 saturated carbocycles. The van der Waals surface area contributed by atoms with E-state index in [-0.39, 0.29) is 29.1 Å². The van der Waals surface area contributed by atoms with Gasteiger partial charge < -0.3 is 18.4 Å². The summed E-state index contributed by atoms with van der Waals surface area (Å²) in [6.45, 7) is 1.46. The number of hydrogen-bond acceptors (Lipinski definition) is 8. The van der Waals surface area contributed by atoms with Gasteiger partial charge in [0.05, 0.1) is 12.5 Å². The molecule has 0 amide bonds. The molecule has 0 aliphatic carbocycles. The largest absolute Gasteiger partial charge is 0.497 e. The van der Waals surface area contributed by atoms with Gasteiger partial charge in [0.2, 0.25) is 5.82 Å². The van der Waals surface area contributed by atoms with Gasteiger partial charge in [-0.1, -0.05) is 53.7 Å². The summed E-state index contributed by atoms with van der Waals surface area (Å²) in [7, 11) is 1.57. The summed E-state index contributed by atoms with van der Waals surface area (Å²) in [5, 5.41) is 4.24. The van der Waals surface area contributed by atoms with E-state index in [0.29, 0.717) is 33.8 Å². The first-order valence-electron chi connectivity index (χ1n) is 10.8. The van der Waals surface area contributed by atoms with Gasteiger partial charge in [-0.05, 0) is 31.2 Å². The number of hydrogen-bond donors (Lipinski definition) is 0. The number of ether oxygens (including phenoxy) is 2. The molecule has 5 rings (SSSR count). The summed E-state index contributed by atoms with van der Waals surface area (Å²) in [5.74, 6) is 0.849. The molecule has 0 unspecified atom stereocenters. The SMILES string of the molecule is COc1cccc(-c2noc(COC(=O)c3cccc4c(=O)c(C)c(-c5ccccc5)oc34)n2)c1. The lowest BCUT2D eigenvalue weighted by Crippen LogP contribution is -2.11. The molecule has 0 atom stereocenters. The van der Waals surface area contributed by atoms with Gasteiger partial charge in [-0.15, -0.1) is 0 Å². The maximum atomic E-state index is 13.0. The summed E-state index contributed by atoms with van der Waals surface area (Å²) in [6.07, 6.45) is 0. The molecule has 0 aliphatic heterocycles. The lowest BCUT2D eigenvalue weighted by atomic mass is 10.0. The Hall–Kier alpha value is -4.72. The van der Waals surface area contributed by atoms with Crippen LogP contribution in [-0.2, 0) is 11.3 Å². The number of benzene rings is 3. The number of methoxy groups -OCH3 is 1. The highest BCUT2D eigenvalue weighted by atomic mass is 16.6. The smallest absolute Gasteiger partial charge is 0.342 e. The van der Waals surface area contributed by atoms with E-state index < -0.39 is 5.97 Å². The lowest BCUT2D eigenvalue weighted by molar-refractivity contribution is 0.0431. The van der Waals surface area contributed by atoms with E-state index in [1.807, 2.05) is 42.5 Å². The Morgan fingerprint density at radius 3 is 2.54 bits per heavy atom. The van der Waals surface area contributed by atoms with E-state index in [0.717, 1.165) is 5.56 Å². The molecular weight excluding hydrogens is 448 g/mol. The fraction of sp³-hybridized carbons (Fsp3) is 0.111. The Bertz CT molecular complexity index is 1590. The minimum Gasteiger partial charge on any atom is -0.497 e. The van der Waals surface area contributed by atoms with Gasteiger partial charge in [0.1, 0.15) is 17.1 Å². The van der Waals surface area contributed by atoms with Gasteiger partial charge in [0.25, 0.3) is 5.89 Å². The van der Waals surface area contributed by atoms with Crippen LogP contribution in [0.2, 0.25) is 0 Å². The molecule has 174 valence electrons. The third kappa shape index (κ3) is 4.29. The molecule has 8 heteroatoms. The third-order valence-corrected chi connectivity index (χ3v) is 5.52. The molecular formula is C27H20N2O6. The van der Waals surface area contributed by atoms with Crippen LogP contribution in [0.3, 0.4) is 0 Å². The standard InChI is InChI=1S/C27H20N2O6/c1-16-23(30)20-12-7-13-21(25(20)34-24(16)17-8-4-3-5-9-17)27(31)33-15-22-28-26(29-35-22)18-10-6-11-19(14-18)32-2/h3-14H,15H2,1-2H3. The molecule has 0 aliphatic rings. The maximum Gasteiger partial charge on any atom is 0.342 e.